The van der Waals surface area contributed by atoms with E-state index in [4.69, 9.17) is 4.74 Å². The molecule has 1 fully saturated rings. The van der Waals surface area contributed by atoms with E-state index in [-0.39, 0.29) is 6.09 Å². The minimum absolute atomic E-state index is 0.165. The van der Waals surface area contributed by atoms with Crippen LogP contribution in [0.2, 0.25) is 0 Å². The van der Waals surface area contributed by atoms with E-state index in [9.17, 15) is 4.79 Å². The number of rotatable bonds is 0. The summed E-state index contributed by atoms with van der Waals surface area (Å²) in [6.45, 7) is 8.41. The van der Waals surface area contributed by atoms with Crippen LogP contribution in [0.4, 0.5) is 4.79 Å². The second-order valence-corrected chi connectivity index (χ2v) is 7.91. The summed E-state index contributed by atoms with van der Waals surface area (Å²) in [5.74, 6) is 1.09. The zero-order valence-electron chi connectivity index (χ0n) is 14.1. The Balaban J connectivity index is 1.54. The summed E-state index contributed by atoms with van der Waals surface area (Å²) in [6, 6.07) is 10.9. The van der Waals surface area contributed by atoms with Crippen molar-refractivity contribution in [2.24, 2.45) is 11.8 Å². The summed E-state index contributed by atoms with van der Waals surface area (Å²) in [5, 5.41) is 1.33. The number of carbonyl (C=O) groups excluding carboxylic acids is 1. The summed E-state index contributed by atoms with van der Waals surface area (Å²) in [6.07, 6.45) is 0.889. The van der Waals surface area contributed by atoms with Gasteiger partial charge in [0.2, 0.25) is 0 Å². The van der Waals surface area contributed by atoms with Crippen molar-refractivity contribution in [3.63, 3.8) is 0 Å². The standard InChI is InChI=1S/C19H24N2O2/c1-19(2,3)23-18(22)20-10-14-9-16-8-13-6-4-5-7-17(13)21(16)12-15(14)11-20/h4-8,14-15H,9-12H2,1-3H3/t14-,15+/m1/s1. The fourth-order valence-electron chi connectivity index (χ4n) is 4.01. The third-order valence-electron chi connectivity index (χ3n) is 5.01. The van der Waals surface area contributed by atoms with Crippen LogP contribution in [0, 0.1) is 11.8 Å². The smallest absolute Gasteiger partial charge is 0.410 e. The Bertz CT molecular complexity index is 756. The van der Waals surface area contributed by atoms with E-state index >= 15 is 0 Å². The van der Waals surface area contributed by atoms with E-state index in [1.165, 1.54) is 16.6 Å². The molecule has 1 aromatic carbocycles. The summed E-state index contributed by atoms with van der Waals surface area (Å²) in [7, 11) is 0. The largest absolute Gasteiger partial charge is 0.444 e. The molecule has 2 atom stereocenters. The van der Waals surface area contributed by atoms with Crippen LogP contribution in [0.1, 0.15) is 26.5 Å². The van der Waals surface area contributed by atoms with E-state index in [1.807, 2.05) is 25.7 Å². The van der Waals surface area contributed by atoms with Crippen molar-refractivity contribution in [2.45, 2.75) is 39.3 Å². The number of hydrogen-bond acceptors (Lipinski definition) is 2. The van der Waals surface area contributed by atoms with E-state index < -0.39 is 5.60 Å². The third kappa shape index (κ3) is 2.60. The Hall–Kier alpha value is -1.97. The second kappa shape index (κ2) is 5.02. The molecular formula is C19H24N2O2. The maximum atomic E-state index is 12.3. The Morgan fingerprint density at radius 3 is 2.65 bits per heavy atom. The Morgan fingerprint density at radius 2 is 1.87 bits per heavy atom. The summed E-state index contributed by atoms with van der Waals surface area (Å²) in [4.78, 5) is 14.2. The summed E-state index contributed by atoms with van der Waals surface area (Å²) in [5.41, 5.74) is 2.29. The highest BCUT2D eigenvalue weighted by Crippen LogP contribution is 2.36. The molecule has 0 aliphatic carbocycles. The van der Waals surface area contributed by atoms with Crippen molar-refractivity contribution < 1.29 is 9.53 Å². The maximum Gasteiger partial charge on any atom is 0.410 e. The molecule has 23 heavy (non-hydrogen) atoms. The van der Waals surface area contributed by atoms with Crippen LogP contribution in [0.3, 0.4) is 0 Å². The number of nitrogens with zero attached hydrogens (tertiary/aromatic N) is 2. The predicted octanol–water partition coefficient (Wildman–Crippen LogP) is 3.68. The number of amides is 1. The molecule has 0 saturated carbocycles. The molecule has 0 unspecified atom stereocenters. The first-order valence-corrected chi connectivity index (χ1v) is 8.46. The second-order valence-electron chi connectivity index (χ2n) is 7.91. The zero-order valence-corrected chi connectivity index (χ0v) is 14.1. The molecule has 1 amide bonds. The normalized spacial score (nSPS) is 23.7. The molecule has 1 aromatic heterocycles. The Labute approximate surface area is 137 Å². The minimum atomic E-state index is -0.424. The third-order valence-corrected chi connectivity index (χ3v) is 5.01. The topological polar surface area (TPSA) is 34.5 Å². The van der Waals surface area contributed by atoms with Crippen molar-refractivity contribution >= 4 is 17.0 Å². The Morgan fingerprint density at radius 1 is 1.13 bits per heavy atom. The van der Waals surface area contributed by atoms with Crippen LogP contribution in [0.25, 0.3) is 10.9 Å². The van der Waals surface area contributed by atoms with Gasteiger partial charge in [-0.3, -0.25) is 0 Å². The molecule has 4 nitrogen and oxygen atoms in total. The fourth-order valence-corrected chi connectivity index (χ4v) is 4.01. The van der Waals surface area contributed by atoms with Gasteiger partial charge in [0, 0.05) is 30.8 Å². The molecule has 0 radical (unpaired) electrons. The minimum Gasteiger partial charge on any atom is -0.444 e. The van der Waals surface area contributed by atoms with Gasteiger partial charge in [-0.15, -0.1) is 0 Å². The number of para-hydroxylation sites is 1. The molecule has 2 aromatic rings. The lowest BCUT2D eigenvalue weighted by Crippen LogP contribution is -2.35. The van der Waals surface area contributed by atoms with E-state index in [0.717, 1.165) is 26.1 Å². The van der Waals surface area contributed by atoms with Gasteiger partial charge in [0.25, 0.3) is 0 Å². The molecule has 1 saturated heterocycles. The average molecular weight is 312 g/mol. The molecule has 2 aliphatic rings. The number of benzene rings is 1. The summed E-state index contributed by atoms with van der Waals surface area (Å²) >= 11 is 0. The van der Waals surface area contributed by atoms with Gasteiger partial charge in [0.1, 0.15) is 5.60 Å². The van der Waals surface area contributed by atoms with Crippen LogP contribution in [-0.2, 0) is 17.7 Å². The van der Waals surface area contributed by atoms with Gasteiger partial charge < -0.3 is 14.2 Å². The average Bonchev–Trinajstić information content (AvgIpc) is 3.03. The van der Waals surface area contributed by atoms with Gasteiger partial charge in [-0.2, -0.15) is 0 Å². The maximum absolute atomic E-state index is 12.3. The number of hydrogen-bond donors (Lipinski definition) is 0. The Kier molecular flexibility index (Phi) is 3.19. The van der Waals surface area contributed by atoms with Gasteiger partial charge in [0.05, 0.1) is 0 Å². The molecule has 0 spiro atoms. The monoisotopic (exact) mass is 312 g/mol. The van der Waals surface area contributed by atoms with Crippen LogP contribution >= 0.6 is 0 Å². The highest BCUT2D eigenvalue weighted by Gasteiger charge is 2.40. The molecule has 4 heteroatoms. The molecule has 3 heterocycles. The van der Waals surface area contributed by atoms with Gasteiger partial charge in [-0.25, -0.2) is 4.79 Å². The number of carbonyl (C=O) groups is 1. The van der Waals surface area contributed by atoms with Gasteiger partial charge in [0.15, 0.2) is 0 Å². The quantitative estimate of drug-likeness (QED) is 0.743. The van der Waals surface area contributed by atoms with Crippen LogP contribution in [0.5, 0.6) is 0 Å². The lowest BCUT2D eigenvalue weighted by atomic mass is 9.88. The van der Waals surface area contributed by atoms with E-state index in [0.29, 0.717) is 11.8 Å². The fraction of sp³-hybridized carbons (Fsp3) is 0.526. The van der Waals surface area contributed by atoms with Gasteiger partial charge in [-0.1, -0.05) is 18.2 Å². The van der Waals surface area contributed by atoms with E-state index in [1.54, 1.807) is 0 Å². The van der Waals surface area contributed by atoms with Gasteiger partial charge in [-0.05, 0) is 56.5 Å². The van der Waals surface area contributed by atoms with Gasteiger partial charge >= 0.3 is 6.09 Å². The SMILES string of the molecule is CC(C)(C)OC(=O)N1C[C@H]2Cc3cc4ccccc4n3C[C@@H]2C1. The number of aromatic nitrogens is 1. The van der Waals surface area contributed by atoms with Crippen LogP contribution in [-0.4, -0.2) is 34.3 Å². The molecule has 122 valence electrons. The highest BCUT2D eigenvalue weighted by molar-refractivity contribution is 5.81. The molecule has 2 aliphatic heterocycles. The van der Waals surface area contributed by atoms with Crippen molar-refractivity contribution in [3.8, 4) is 0 Å². The lowest BCUT2D eigenvalue weighted by Gasteiger charge is -2.26. The number of likely N-dealkylation sites (tertiary alicyclic amines) is 1. The first-order valence-electron chi connectivity index (χ1n) is 8.46. The van der Waals surface area contributed by atoms with Crippen molar-refractivity contribution in [3.05, 3.63) is 36.0 Å². The molecule has 0 bridgehead atoms. The predicted molar refractivity (Wildman–Crippen MR) is 90.4 cm³/mol. The molecule has 4 rings (SSSR count). The van der Waals surface area contributed by atoms with E-state index in [2.05, 4.69) is 34.9 Å². The first-order chi connectivity index (χ1) is 10.9. The lowest BCUT2D eigenvalue weighted by molar-refractivity contribution is 0.0284. The van der Waals surface area contributed by atoms with Crippen LogP contribution in [0.15, 0.2) is 30.3 Å². The summed E-state index contributed by atoms with van der Waals surface area (Å²) < 4.78 is 7.98. The van der Waals surface area contributed by atoms with Crippen molar-refractivity contribution in [1.29, 1.82) is 0 Å². The zero-order chi connectivity index (χ0) is 16.2. The number of fused-ring (bicyclic) bond motifs is 4. The van der Waals surface area contributed by atoms with Crippen molar-refractivity contribution in [1.82, 2.24) is 9.47 Å². The van der Waals surface area contributed by atoms with Crippen molar-refractivity contribution in [2.75, 3.05) is 13.1 Å². The highest BCUT2D eigenvalue weighted by atomic mass is 16.6. The van der Waals surface area contributed by atoms with Crippen LogP contribution < -0.4 is 0 Å². The number of ether oxygens (including phenoxy) is 1. The molecule has 0 N–H and O–H groups in total. The molecular weight excluding hydrogens is 288 g/mol. The first kappa shape index (κ1) is 14.6.